The number of halogens is 1. The van der Waals surface area contributed by atoms with Crippen molar-refractivity contribution in [3.05, 3.63) is 9.98 Å². The number of carbonyl (C=O) groups is 2. The van der Waals surface area contributed by atoms with Gasteiger partial charge in [-0.1, -0.05) is 17.8 Å². The molecule has 1 fully saturated rings. The van der Waals surface area contributed by atoms with Gasteiger partial charge in [0.2, 0.25) is 0 Å². The second kappa shape index (κ2) is 6.33. The second-order valence-corrected chi connectivity index (χ2v) is 6.88. The minimum absolute atomic E-state index is 0.0850. The standard InChI is InChI=1S/C11H14BrN3O3S/c12-8-5-13-11(19-8)15-10(18)14-7-3-1-2-6(4-7)9(16)17/h5-7H,1-4H2,(H,16,17)(H2,13,14,15,18). The molecule has 2 rings (SSSR count). The van der Waals surface area contributed by atoms with Crippen LogP contribution in [0, 0.1) is 5.92 Å². The Balaban J connectivity index is 1.83. The summed E-state index contributed by atoms with van der Waals surface area (Å²) < 4.78 is 0.839. The van der Waals surface area contributed by atoms with Crippen molar-refractivity contribution in [1.29, 1.82) is 0 Å². The van der Waals surface area contributed by atoms with Crippen LogP contribution >= 0.6 is 27.3 Å². The largest absolute Gasteiger partial charge is 0.481 e. The number of aromatic nitrogens is 1. The first-order chi connectivity index (χ1) is 9.04. The first kappa shape index (κ1) is 14.3. The number of carboxylic acids is 1. The Morgan fingerprint density at radius 2 is 2.26 bits per heavy atom. The summed E-state index contributed by atoms with van der Waals surface area (Å²) in [6, 6.07) is -0.420. The van der Waals surface area contributed by atoms with Crippen molar-refractivity contribution in [1.82, 2.24) is 10.3 Å². The van der Waals surface area contributed by atoms with Gasteiger partial charge in [-0.2, -0.15) is 0 Å². The van der Waals surface area contributed by atoms with E-state index < -0.39 is 5.97 Å². The molecule has 1 aromatic heterocycles. The first-order valence-corrected chi connectivity index (χ1v) is 7.57. The van der Waals surface area contributed by atoms with Gasteiger partial charge in [0.15, 0.2) is 5.13 Å². The molecule has 0 aliphatic heterocycles. The molecule has 0 bridgehead atoms. The van der Waals surface area contributed by atoms with Gasteiger partial charge >= 0.3 is 12.0 Å². The van der Waals surface area contributed by atoms with Crippen molar-refractivity contribution in [3.63, 3.8) is 0 Å². The molecule has 0 radical (unpaired) electrons. The molecule has 2 atom stereocenters. The van der Waals surface area contributed by atoms with Crippen LogP contribution in [-0.2, 0) is 4.79 Å². The van der Waals surface area contributed by atoms with Crippen LogP contribution in [0.4, 0.5) is 9.93 Å². The number of hydrogen-bond donors (Lipinski definition) is 3. The van der Waals surface area contributed by atoms with Crippen molar-refractivity contribution in [2.75, 3.05) is 5.32 Å². The molecular weight excluding hydrogens is 334 g/mol. The van der Waals surface area contributed by atoms with E-state index in [2.05, 4.69) is 31.5 Å². The number of nitrogens with zero attached hydrogens (tertiary/aromatic N) is 1. The van der Waals surface area contributed by atoms with E-state index in [4.69, 9.17) is 5.11 Å². The maximum Gasteiger partial charge on any atom is 0.321 e. The minimum Gasteiger partial charge on any atom is -0.481 e. The Labute approximate surface area is 122 Å². The number of anilines is 1. The van der Waals surface area contributed by atoms with Crippen molar-refractivity contribution in [3.8, 4) is 0 Å². The third-order valence-electron chi connectivity index (χ3n) is 3.06. The fourth-order valence-corrected chi connectivity index (χ4v) is 3.28. The third kappa shape index (κ3) is 4.17. The monoisotopic (exact) mass is 347 g/mol. The van der Waals surface area contributed by atoms with E-state index in [-0.39, 0.29) is 18.0 Å². The van der Waals surface area contributed by atoms with E-state index >= 15 is 0 Å². The van der Waals surface area contributed by atoms with Crippen LogP contribution < -0.4 is 10.6 Å². The molecule has 1 aliphatic carbocycles. The van der Waals surface area contributed by atoms with E-state index in [0.717, 1.165) is 16.6 Å². The van der Waals surface area contributed by atoms with Crippen molar-refractivity contribution < 1.29 is 14.7 Å². The molecule has 6 nitrogen and oxygen atoms in total. The van der Waals surface area contributed by atoms with Gasteiger partial charge in [-0.3, -0.25) is 10.1 Å². The highest BCUT2D eigenvalue weighted by atomic mass is 79.9. The molecule has 8 heteroatoms. The van der Waals surface area contributed by atoms with Gasteiger partial charge in [-0.15, -0.1) is 0 Å². The third-order valence-corrected chi connectivity index (χ3v) is 4.45. The maximum atomic E-state index is 11.7. The average molecular weight is 348 g/mol. The molecule has 0 saturated heterocycles. The zero-order chi connectivity index (χ0) is 13.8. The minimum atomic E-state index is -0.782. The average Bonchev–Trinajstić information content (AvgIpc) is 2.74. The summed E-state index contributed by atoms with van der Waals surface area (Å²) in [5.41, 5.74) is 0. The maximum absolute atomic E-state index is 11.7. The Bertz CT molecular complexity index is 480. The van der Waals surface area contributed by atoms with Crippen LogP contribution in [0.2, 0.25) is 0 Å². The van der Waals surface area contributed by atoms with Gasteiger partial charge < -0.3 is 10.4 Å². The highest BCUT2D eigenvalue weighted by Crippen LogP contribution is 2.25. The summed E-state index contributed by atoms with van der Waals surface area (Å²) in [6.45, 7) is 0. The lowest BCUT2D eigenvalue weighted by Crippen LogP contribution is -2.42. The number of carbonyl (C=O) groups excluding carboxylic acids is 1. The molecule has 2 amide bonds. The number of aliphatic carboxylic acids is 1. The Morgan fingerprint density at radius 3 is 2.89 bits per heavy atom. The summed E-state index contributed by atoms with van der Waals surface area (Å²) in [7, 11) is 0. The Morgan fingerprint density at radius 1 is 1.47 bits per heavy atom. The smallest absolute Gasteiger partial charge is 0.321 e. The number of amides is 2. The van der Waals surface area contributed by atoms with Crippen LogP contribution in [0.3, 0.4) is 0 Å². The lowest BCUT2D eigenvalue weighted by atomic mass is 9.86. The normalized spacial score (nSPS) is 22.8. The number of rotatable bonds is 3. The van der Waals surface area contributed by atoms with E-state index in [0.29, 0.717) is 18.0 Å². The molecule has 1 aliphatic rings. The molecule has 2 unspecified atom stereocenters. The van der Waals surface area contributed by atoms with Crippen molar-refractivity contribution in [2.45, 2.75) is 31.7 Å². The zero-order valence-electron chi connectivity index (χ0n) is 10.1. The molecule has 19 heavy (non-hydrogen) atoms. The van der Waals surface area contributed by atoms with Gasteiger partial charge in [0.1, 0.15) is 0 Å². The van der Waals surface area contributed by atoms with Crippen LogP contribution in [0.25, 0.3) is 0 Å². The Hall–Kier alpha value is -1.15. The van der Waals surface area contributed by atoms with Gasteiger partial charge in [0, 0.05) is 6.04 Å². The lowest BCUT2D eigenvalue weighted by molar-refractivity contribution is -0.143. The molecule has 104 valence electrons. The lowest BCUT2D eigenvalue weighted by Gasteiger charge is -2.27. The number of nitrogens with one attached hydrogen (secondary N) is 2. The summed E-state index contributed by atoms with van der Waals surface area (Å²) in [6.07, 6.45) is 4.43. The number of hydrogen-bond acceptors (Lipinski definition) is 4. The number of urea groups is 1. The first-order valence-electron chi connectivity index (χ1n) is 5.96. The van der Waals surface area contributed by atoms with E-state index in [1.54, 1.807) is 6.20 Å². The van der Waals surface area contributed by atoms with Crippen LogP contribution in [0.15, 0.2) is 9.98 Å². The summed E-state index contributed by atoms with van der Waals surface area (Å²) in [5, 5.41) is 14.9. The van der Waals surface area contributed by atoms with Crippen LogP contribution in [-0.4, -0.2) is 28.1 Å². The van der Waals surface area contributed by atoms with E-state index in [1.165, 1.54) is 11.3 Å². The highest BCUT2D eigenvalue weighted by Gasteiger charge is 2.27. The van der Waals surface area contributed by atoms with Gasteiger partial charge in [-0.05, 0) is 35.2 Å². The molecule has 1 heterocycles. The van der Waals surface area contributed by atoms with Crippen LogP contribution in [0.5, 0.6) is 0 Å². The van der Waals surface area contributed by atoms with Crippen molar-refractivity contribution in [2.24, 2.45) is 5.92 Å². The van der Waals surface area contributed by atoms with E-state index in [9.17, 15) is 9.59 Å². The summed E-state index contributed by atoms with van der Waals surface area (Å²) in [5.74, 6) is -1.14. The second-order valence-electron chi connectivity index (χ2n) is 4.47. The van der Waals surface area contributed by atoms with Crippen molar-refractivity contribution >= 4 is 44.4 Å². The molecule has 3 N–H and O–H groups in total. The van der Waals surface area contributed by atoms with Crippen LogP contribution in [0.1, 0.15) is 25.7 Å². The summed E-state index contributed by atoms with van der Waals surface area (Å²) in [4.78, 5) is 26.7. The molecule has 1 aromatic rings. The topological polar surface area (TPSA) is 91.3 Å². The molecular formula is C11H14BrN3O3S. The number of carboxylic acid groups (broad SMARTS) is 1. The Kier molecular flexibility index (Phi) is 4.76. The quantitative estimate of drug-likeness (QED) is 0.783. The zero-order valence-corrected chi connectivity index (χ0v) is 12.5. The van der Waals surface area contributed by atoms with Gasteiger partial charge in [0.05, 0.1) is 15.9 Å². The van der Waals surface area contributed by atoms with Gasteiger partial charge in [0.25, 0.3) is 0 Å². The van der Waals surface area contributed by atoms with E-state index in [1.807, 2.05) is 0 Å². The predicted molar refractivity (Wildman–Crippen MR) is 75.4 cm³/mol. The molecule has 0 spiro atoms. The SMILES string of the molecule is O=C(Nc1ncc(Br)s1)NC1CCCC(C(=O)O)C1. The number of thiazole rings is 1. The molecule has 1 saturated carbocycles. The molecule has 0 aromatic carbocycles. The van der Waals surface area contributed by atoms with Gasteiger partial charge in [-0.25, -0.2) is 9.78 Å². The summed E-state index contributed by atoms with van der Waals surface area (Å²) >= 11 is 4.59. The highest BCUT2D eigenvalue weighted by molar-refractivity contribution is 9.11. The predicted octanol–water partition coefficient (Wildman–Crippen LogP) is 2.67. The fourth-order valence-electron chi connectivity index (χ4n) is 2.18. The fraction of sp³-hybridized carbons (Fsp3) is 0.545.